The van der Waals surface area contributed by atoms with Crippen LogP contribution in [0.25, 0.3) is 0 Å². The predicted octanol–water partition coefficient (Wildman–Crippen LogP) is 1.38. The van der Waals surface area contributed by atoms with E-state index in [-0.39, 0.29) is 12.0 Å². The Morgan fingerprint density at radius 2 is 2.24 bits per heavy atom. The summed E-state index contributed by atoms with van der Waals surface area (Å²) in [5, 5.41) is 15.7. The minimum absolute atomic E-state index is 0.0419. The second-order valence-electron chi connectivity index (χ2n) is 4.89. The maximum absolute atomic E-state index is 11.2. The van der Waals surface area contributed by atoms with Gasteiger partial charge < -0.3 is 20.5 Å². The van der Waals surface area contributed by atoms with Gasteiger partial charge in [-0.2, -0.15) is 0 Å². The number of aliphatic hydroxyl groups is 1. The molecule has 1 fully saturated rings. The zero-order chi connectivity index (χ0) is 15.2. The highest BCUT2D eigenvalue weighted by Gasteiger charge is 2.26. The largest absolute Gasteiger partial charge is 0.387 e. The van der Waals surface area contributed by atoms with Crippen LogP contribution in [0.1, 0.15) is 11.7 Å². The third-order valence-electron chi connectivity index (χ3n) is 3.39. The van der Waals surface area contributed by atoms with Crippen LogP contribution in [-0.4, -0.2) is 43.9 Å². The molecule has 1 amide bonds. The quantitative estimate of drug-likeness (QED) is 0.779. The van der Waals surface area contributed by atoms with E-state index in [1.165, 1.54) is 0 Å². The number of carbonyl (C=O) groups is 1. The lowest BCUT2D eigenvalue weighted by Crippen LogP contribution is -2.37. The van der Waals surface area contributed by atoms with Crippen molar-refractivity contribution < 1.29 is 14.6 Å². The summed E-state index contributed by atoms with van der Waals surface area (Å²) in [6.45, 7) is 1.93. The Bertz CT molecular complexity index is 499. The molecule has 7 heteroatoms. The summed E-state index contributed by atoms with van der Waals surface area (Å²) in [6, 6.07) is 5.41. The molecule has 0 aliphatic carbocycles. The lowest BCUT2D eigenvalue weighted by molar-refractivity contribution is -0.124. The maximum Gasteiger partial charge on any atom is 0.245 e. The van der Waals surface area contributed by atoms with Gasteiger partial charge in [0.2, 0.25) is 5.91 Å². The van der Waals surface area contributed by atoms with E-state index in [0.29, 0.717) is 29.7 Å². The number of hydrogen-bond donors (Lipinski definition) is 3. The van der Waals surface area contributed by atoms with Gasteiger partial charge in [-0.25, -0.2) is 0 Å². The molecule has 3 N–H and O–H groups in total. The van der Waals surface area contributed by atoms with E-state index in [1.54, 1.807) is 12.1 Å². The minimum Gasteiger partial charge on any atom is -0.387 e. The number of nitrogens with one attached hydrogen (secondary N) is 2. The first kappa shape index (κ1) is 16.5. The molecule has 1 heterocycles. The molecule has 2 rings (SSSR count). The second kappa shape index (κ2) is 7.96. The number of hydrogen-bond acceptors (Lipinski definition) is 4. The summed E-state index contributed by atoms with van der Waals surface area (Å²) in [6.07, 6.45) is -0.186. The molecule has 116 valence electrons. The summed E-state index contributed by atoms with van der Waals surface area (Å²) in [5.74, 6) is -0.354. The van der Waals surface area contributed by atoms with E-state index in [9.17, 15) is 4.79 Å². The number of aliphatic hydroxyl groups excluding tert-OH is 1. The summed E-state index contributed by atoms with van der Waals surface area (Å²) in [4.78, 5) is 11.2. The average molecular weight is 333 g/mol. The molecule has 0 aromatic heterocycles. The molecule has 1 saturated heterocycles. The molecular formula is C14H18Cl2N2O3. The smallest absolute Gasteiger partial charge is 0.245 e. The Morgan fingerprint density at radius 1 is 1.43 bits per heavy atom. The molecule has 1 aliphatic heterocycles. The van der Waals surface area contributed by atoms with Crippen LogP contribution in [0, 0.1) is 5.92 Å². The van der Waals surface area contributed by atoms with E-state index >= 15 is 0 Å². The van der Waals surface area contributed by atoms with Gasteiger partial charge in [-0.05, 0) is 17.7 Å². The summed E-state index contributed by atoms with van der Waals surface area (Å²) >= 11 is 12.0. The van der Waals surface area contributed by atoms with Crippen molar-refractivity contribution in [2.24, 2.45) is 5.92 Å². The molecule has 0 spiro atoms. The SMILES string of the molecule is O=C(CO)NC[C@@H]1CNCCO[C@H]1c1ccc(Cl)c(Cl)c1. The number of ether oxygens (including phenoxy) is 1. The highest BCUT2D eigenvalue weighted by molar-refractivity contribution is 6.42. The molecule has 1 aromatic rings. The van der Waals surface area contributed by atoms with E-state index in [2.05, 4.69) is 10.6 Å². The topological polar surface area (TPSA) is 70.6 Å². The van der Waals surface area contributed by atoms with Gasteiger partial charge in [-0.1, -0.05) is 29.3 Å². The van der Waals surface area contributed by atoms with Gasteiger partial charge in [0.1, 0.15) is 6.61 Å². The first-order valence-corrected chi connectivity index (χ1v) is 7.52. The Labute approximate surface area is 133 Å². The molecule has 1 aliphatic rings. The van der Waals surface area contributed by atoms with Crippen LogP contribution in [0.5, 0.6) is 0 Å². The highest BCUT2D eigenvalue weighted by atomic mass is 35.5. The van der Waals surface area contributed by atoms with Crippen molar-refractivity contribution in [1.82, 2.24) is 10.6 Å². The lowest BCUT2D eigenvalue weighted by Gasteiger charge is -2.25. The van der Waals surface area contributed by atoms with Crippen molar-refractivity contribution in [3.63, 3.8) is 0 Å². The van der Waals surface area contributed by atoms with Gasteiger partial charge >= 0.3 is 0 Å². The van der Waals surface area contributed by atoms with Gasteiger partial charge in [-0.3, -0.25) is 4.79 Å². The van der Waals surface area contributed by atoms with Crippen molar-refractivity contribution in [3.05, 3.63) is 33.8 Å². The highest BCUT2D eigenvalue weighted by Crippen LogP contribution is 2.31. The molecule has 21 heavy (non-hydrogen) atoms. The molecule has 5 nitrogen and oxygen atoms in total. The van der Waals surface area contributed by atoms with E-state index in [1.807, 2.05) is 6.07 Å². The zero-order valence-corrected chi connectivity index (χ0v) is 13.0. The Balaban J connectivity index is 2.14. The number of carbonyl (C=O) groups excluding carboxylic acids is 1. The van der Waals surface area contributed by atoms with E-state index in [4.69, 9.17) is 33.0 Å². The van der Waals surface area contributed by atoms with Crippen molar-refractivity contribution in [1.29, 1.82) is 0 Å². The molecule has 0 bridgehead atoms. The van der Waals surface area contributed by atoms with E-state index < -0.39 is 12.5 Å². The lowest BCUT2D eigenvalue weighted by atomic mass is 9.95. The summed E-state index contributed by atoms with van der Waals surface area (Å²) in [5.41, 5.74) is 0.927. The predicted molar refractivity (Wildman–Crippen MR) is 81.6 cm³/mol. The monoisotopic (exact) mass is 332 g/mol. The molecule has 0 unspecified atom stereocenters. The van der Waals surface area contributed by atoms with Gasteiger partial charge in [0, 0.05) is 25.6 Å². The van der Waals surface area contributed by atoms with Gasteiger partial charge in [-0.15, -0.1) is 0 Å². The molecule has 1 aromatic carbocycles. The van der Waals surface area contributed by atoms with Crippen LogP contribution < -0.4 is 10.6 Å². The van der Waals surface area contributed by atoms with Crippen molar-refractivity contribution >= 4 is 29.1 Å². The van der Waals surface area contributed by atoms with Crippen LogP contribution in [0.4, 0.5) is 0 Å². The average Bonchev–Trinajstić information content (AvgIpc) is 2.73. The molecule has 0 saturated carbocycles. The van der Waals surface area contributed by atoms with Gasteiger partial charge in [0.25, 0.3) is 0 Å². The minimum atomic E-state index is -0.515. The van der Waals surface area contributed by atoms with Gasteiger partial charge in [0.05, 0.1) is 22.8 Å². The van der Waals surface area contributed by atoms with E-state index in [0.717, 1.165) is 12.1 Å². The Kier molecular flexibility index (Phi) is 6.26. The first-order chi connectivity index (χ1) is 10.1. The second-order valence-corrected chi connectivity index (χ2v) is 5.71. The van der Waals surface area contributed by atoms with Gasteiger partial charge in [0.15, 0.2) is 0 Å². The van der Waals surface area contributed by atoms with Crippen LogP contribution in [-0.2, 0) is 9.53 Å². The standard InChI is InChI=1S/C14H18Cl2N2O3/c15-11-2-1-9(5-12(11)16)14-10(6-17-3-4-21-14)7-18-13(20)8-19/h1-2,5,10,14,17,19H,3-4,6-8H2,(H,18,20)/t10-,14-/m0/s1. The van der Waals surface area contributed by atoms with Crippen molar-refractivity contribution in [2.75, 3.05) is 32.8 Å². The zero-order valence-electron chi connectivity index (χ0n) is 11.4. The van der Waals surface area contributed by atoms with Crippen LogP contribution in [0.2, 0.25) is 10.0 Å². The van der Waals surface area contributed by atoms with Crippen LogP contribution in [0.3, 0.4) is 0 Å². The Hall–Kier alpha value is -0.850. The third-order valence-corrected chi connectivity index (χ3v) is 4.13. The number of rotatable bonds is 4. The number of benzene rings is 1. The van der Waals surface area contributed by atoms with Crippen LogP contribution in [0.15, 0.2) is 18.2 Å². The fourth-order valence-electron chi connectivity index (χ4n) is 2.33. The van der Waals surface area contributed by atoms with Crippen molar-refractivity contribution in [3.8, 4) is 0 Å². The molecule has 0 radical (unpaired) electrons. The van der Waals surface area contributed by atoms with Crippen molar-refractivity contribution in [2.45, 2.75) is 6.10 Å². The molecular weight excluding hydrogens is 315 g/mol. The fourth-order valence-corrected chi connectivity index (χ4v) is 2.63. The Morgan fingerprint density at radius 3 is 2.95 bits per heavy atom. The maximum atomic E-state index is 11.2. The molecule has 2 atom stereocenters. The summed E-state index contributed by atoms with van der Waals surface area (Å²) < 4.78 is 5.88. The number of amides is 1. The fraction of sp³-hybridized carbons (Fsp3) is 0.500. The third kappa shape index (κ3) is 4.56. The van der Waals surface area contributed by atoms with Crippen LogP contribution >= 0.6 is 23.2 Å². The number of halogens is 2. The first-order valence-electron chi connectivity index (χ1n) is 6.76. The normalized spacial score (nSPS) is 22.6. The summed E-state index contributed by atoms with van der Waals surface area (Å²) in [7, 11) is 0.